The average molecular weight is 432 g/mol. The summed E-state index contributed by atoms with van der Waals surface area (Å²) in [5.41, 5.74) is 0.111. The molecule has 5 nitrogen and oxygen atoms in total. The number of ether oxygens (including phenoxy) is 1. The van der Waals surface area contributed by atoms with E-state index in [-0.39, 0.29) is 11.8 Å². The predicted molar refractivity (Wildman–Crippen MR) is 100 cm³/mol. The minimum atomic E-state index is -0.636. The molecule has 0 fully saturated rings. The van der Waals surface area contributed by atoms with Crippen LogP contribution in [-0.4, -0.2) is 23.6 Å². The van der Waals surface area contributed by atoms with E-state index in [0.717, 1.165) is 3.57 Å². The van der Waals surface area contributed by atoms with Gasteiger partial charge in [-0.1, -0.05) is 19.9 Å². The highest BCUT2D eigenvalue weighted by Gasteiger charge is 2.25. The summed E-state index contributed by atoms with van der Waals surface area (Å²) >= 11 is 2.18. The smallest absolute Gasteiger partial charge is 0.408 e. The SMILES string of the molecule is CC(C)C[C@H](NC(=O)OC(C)(C)C)C(=O)Nc1cccc(I)c1. The number of carbonyl (C=O) groups excluding carboxylic acids is 2. The van der Waals surface area contributed by atoms with Crippen LogP contribution >= 0.6 is 22.6 Å². The molecule has 0 aliphatic rings. The highest BCUT2D eigenvalue weighted by molar-refractivity contribution is 14.1. The molecule has 128 valence electrons. The van der Waals surface area contributed by atoms with Crippen LogP contribution in [-0.2, 0) is 9.53 Å². The van der Waals surface area contributed by atoms with Crippen molar-refractivity contribution in [2.75, 3.05) is 5.32 Å². The Balaban J connectivity index is 2.76. The summed E-state index contributed by atoms with van der Waals surface area (Å²) < 4.78 is 6.27. The number of hydrogen-bond donors (Lipinski definition) is 2. The van der Waals surface area contributed by atoms with Gasteiger partial charge in [-0.15, -0.1) is 0 Å². The van der Waals surface area contributed by atoms with E-state index in [1.54, 1.807) is 20.8 Å². The fourth-order valence-corrected chi connectivity index (χ4v) is 2.49. The molecular weight excluding hydrogens is 407 g/mol. The number of benzene rings is 1. The first kappa shape index (κ1) is 19.7. The molecule has 1 aromatic carbocycles. The normalized spacial score (nSPS) is 12.7. The van der Waals surface area contributed by atoms with Gasteiger partial charge in [-0.25, -0.2) is 4.79 Å². The maximum Gasteiger partial charge on any atom is 0.408 e. The van der Waals surface area contributed by atoms with Crippen molar-refractivity contribution in [3.05, 3.63) is 27.8 Å². The fraction of sp³-hybridized carbons (Fsp3) is 0.529. The molecule has 0 aromatic heterocycles. The van der Waals surface area contributed by atoms with Crippen LogP contribution < -0.4 is 10.6 Å². The molecule has 0 heterocycles. The first-order chi connectivity index (χ1) is 10.6. The Bertz CT molecular complexity index is 553. The number of hydrogen-bond acceptors (Lipinski definition) is 3. The van der Waals surface area contributed by atoms with Gasteiger partial charge in [0.15, 0.2) is 0 Å². The molecule has 0 radical (unpaired) electrons. The number of alkyl carbamates (subject to hydrolysis) is 1. The molecule has 6 heteroatoms. The van der Waals surface area contributed by atoms with Gasteiger partial charge >= 0.3 is 6.09 Å². The molecule has 2 N–H and O–H groups in total. The molecule has 0 unspecified atom stereocenters. The van der Waals surface area contributed by atoms with Crippen molar-refractivity contribution in [1.29, 1.82) is 0 Å². The van der Waals surface area contributed by atoms with Gasteiger partial charge in [-0.05, 0) is 73.9 Å². The molecule has 0 saturated carbocycles. The van der Waals surface area contributed by atoms with Crippen molar-refractivity contribution >= 4 is 40.3 Å². The zero-order valence-corrected chi connectivity index (χ0v) is 16.4. The van der Waals surface area contributed by atoms with Crippen LogP contribution in [0.25, 0.3) is 0 Å². The van der Waals surface area contributed by atoms with Crippen molar-refractivity contribution in [3.8, 4) is 0 Å². The number of anilines is 1. The van der Waals surface area contributed by atoms with Gasteiger partial charge in [-0.3, -0.25) is 4.79 Å². The number of halogens is 1. The van der Waals surface area contributed by atoms with Crippen LogP contribution in [0.2, 0.25) is 0 Å². The Hall–Kier alpha value is -1.31. The summed E-state index contributed by atoms with van der Waals surface area (Å²) in [6.07, 6.45) is -0.0458. The number of amides is 2. The van der Waals surface area contributed by atoms with E-state index in [2.05, 4.69) is 33.2 Å². The number of nitrogens with one attached hydrogen (secondary N) is 2. The molecule has 0 aliphatic heterocycles. The molecule has 0 bridgehead atoms. The molecule has 0 saturated heterocycles. The summed E-state index contributed by atoms with van der Waals surface area (Å²) in [7, 11) is 0. The summed E-state index contributed by atoms with van der Waals surface area (Å²) in [5.74, 6) is 0.0168. The second-order valence-corrected chi connectivity index (χ2v) is 8.07. The number of rotatable bonds is 5. The van der Waals surface area contributed by atoms with Crippen LogP contribution in [0.15, 0.2) is 24.3 Å². The lowest BCUT2D eigenvalue weighted by Gasteiger charge is -2.24. The molecule has 23 heavy (non-hydrogen) atoms. The maximum absolute atomic E-state index is 12.5. The Morgan fingerprint density at radius 3 is 2.43 bits per heavy atom. The lowest BCUT2D eigenvalue weighted by Crippen LogP contribution is -2.46. The minimum absolute atomic E-state index is 0.244. The summed E-state index contributed by atoms with van der Waals surface area (Å²) in [6.45, 7) is 9.37. The van der Waals surface area contributed by atoms with E-state index in [0.29, 0.717) is 12.1 Å². The third kappa shape index (κ3) is 8.20. The van der Waals surface area contributed by atoms with E-state index >= 15 is 0 Å². The molecule has 0 aliphatic carbocycles. The highest BCUT2D eigenvalue weighted by atomic mass is 127. The second-order valence-electron chi connectivity index (χ2n) is 6.83. The van der Waals surface area contributed by atoms with E-state index < -0.39 is 17.7 Å². The van der Waals surface area contributed by atoms with E-state index in [1.165, 1.54) is 0 Å². The summed E-state index contributed by atoms with van der Waals surface area (Å²) in [6, 6.07) is 6.87. The van der Waals surface area contributed by atoms with Crippen molar-refractivity contribution in [2.24, 2.45) is 5.92 Å². The molecule has 1 atom stereocenters. The van der Waals surface area contributed by atoms with E-state index in [4.69, 9.17) is 4.74 Å². The van der Waals surface area contributed by atoms with E-state index in [1.807, 2.05) is 38.1 Å². The first-order valence-corrected chi connectivity index (χ1v) is 8.70. The average Bonchev–Trinajstić information content (AvgIpc) is 2.34. The summed E-state index contributed by atoms with van der Waals surface area (Å²) in [5, 5.41) is 5.51. The van der Waals surface area contributed by atoms with Crippen LogP contribution in [0.5, 0.6) is 0 Å². The van der Waals surface area contributed by atoms with Gasteiger partial charge in [0.2, 0.25) is 5.91 Å². The largest absolute Gasteiger partial charge is 0.444 e. The third-order valence-electron chi connectivity index (χ3n) is 2.81. The van der Waals surface area contributed by atoms with Crippen LogP contribution in [0, 0.1) is 9.49 Å². The van der Waals surface area contributed by atoms with Crippen molar-refractivity contribution in [2.45, 2.75) is 52.7 Å². The topological polar surface area (TPSA) is 67.4 Å². The quantitative estimate of drug-likeness (QED) is 0.687. The molecule has 2 amide bonds. The monoisotopic (exact) mass is 432 g/mol. The van der Waals surface area contributed by atoms with Crippen LogP contribution in [0.1, 0.15) is 41.0 Å². The third-order valence-corrected chi connectivity index (χ3v) is 3.48. The second kappa shape index (κ2) is 8.52. The predicted octanol–water partition coefficient (Wildman–Crippen LogP) is 4.17. The Morgan fingerprint density at radius 2 is 1.91 bits per heavy atom. The van der Waals surface area contributed by atoms with Crippen LogP contribution in [0.3, 0.4) is 0 Å². The summed E-state index contributed by atoms with van der Waals surface area (Å²) in [4.78, 5) is 24.4. The van der Waals surface area contributed by atoms with Crippen molar-refractivity contribution in [1.82, 2.24) is 5.32 Å². The number of carbonyl (C=O) groups is 2. The molecular formula is C17H25IN2O3. The highest BCUT2D eigenvalue weighted by Crippen LogP contribution is 2.15. The Kier molecular flexibility index (Phi) is 7.31. The zero-order chi connectivity index (χ0) is 17.6. The lowest BCUT2D eigenvalue weighted by atomic mass is 10.0. The Morgan fingerprint density at radius 1 is 1.26 bits per heavy atom. The van der Waals surface area contributed by atoms with Gasteiger partial charge in [0, 0.05) is 9.26 Å². The maximum atomic E-state index is 12.5. The zero-order valence-electron chi connectivity index (χ0n) is 14.3. The van der Waals surface area contributed by atoms with Gasteiger partial charge in [0.25, 0.3) is 0 Å². The van der Waals surface area contributed by atoms with Crippen molar-refractivity contribution in [3.63, 3.8) is 0 Å². The standard InChI is InChI=1S/C17H25IN2O3/c1-11(2)9-14(20-16(22)23-17(3,4)5)15(21)19-13-8-6-7-12(18)10-13/h6-8,10-11,14H,9H2,1-5H3,(H,19,21)(H,20,22)/t14-/m0/s1. The van der Waals surface area contributed by atoms with Gasteiger partial charge in [0.05, 0.1) is 0 Å². The fourth-order valence-electron chi connectivity index (χ4n) is 1.95. The van der Waals surface area contributed by atoms with E-state index in [9.17, 15) is 9.59 Å². The van der Waals surface area contributed by atoms with Crippen molar-refractivity contribution < 1.29 is 14.3 Å². The minimum Gasteiger partial charge on any atom is -0.444 e. The molecule has 1 rings (SSSR count). The molecule has 1 aromatic rings. The van der Waals surface area contributed by atoms with Crippen LogP contribution in [0.4, 0.5) is 10.5 Å². The van der Waals surface area contributed by atoms with Gasteiger partial charge < -0.3 is 15.4 Å². The first-order valence-electron chi connectivity index (χ1n) is 7.63. The Labute approximate surface area is 151 Å². The van der Waals surface area contributed by atoms with Gasteiger partial charge in [0.1, 0.15) is 11.6 Å². The molecule has 0 spiro atoms. The van der Waals surface area contributed by atoms with Gasteiger partial charge in [-0.2, -0.15) is 0 Å². The lowest BCUT2D eigenvalue weighted by molar-refractivity contribution is -0.118.